The van der Waals surface area contributed by atoms with Crippen LogP contribution in [0.4, 0.5) is 18.9 Å². The first-order chi connectivity index (χ1) is 10.3. The van der Waals surface area contributed by atoms with Crippen molar-refractivity contribution in [3.63, 3.8) is 0 Å². The molecule has 1 aliphatic heterocycles. The Morgan fingerprint density at radius 1 is 1.27 bits per heavy atom. The van der Waals surface area contributed by atoms with E-state index < -0.39 is 11.7 Å². The first kappa shape index (κ1) is 14.6. The zero-order valence-corrected chi connectivity index (χ0v) is 11.6. The molecule has 0 spiro atoms. The van der Waals surface area contributed by atoms with Crippen LogP contribution >= 0.6 is 0 Å². The van der Waals surface area contributed by atoms with Gasteiger partial charge in [-0.3, -0.25) is 4.79 Å². The van der Waals surface area contributed by atoms with Gasteiger partial charge in [-0.2, -0.15) is 18.2 Å². The molecule has 8 heteroatoms. The van der Waals surface area contributed by atoms with Gasteiger partial charge in [-0.15, -0.1) is 0 Å². The zero-order valence-electron chi connectivity index (χ0n) is 11.6. The van der Waals surface area contributed by atoms with E-state index >= 15 is 0 Å². The smallest absolute Gasteiger partial charge is 0.340 e. The number of alkyl halides is 3. The molecule has 22 heavy (non-hydrogen) atoms. The van der Waals surface area contributed by atoms with Gasteiger partial charge in [0, 0.05) is 31.5 Å². The Hall–Kier alpha value is -2.38. The summed E-state index contributed by atoms with van der Waals surface area (Å²) in [4.78, 5) is 17.6. The maximum atomic E-state index is 12.6. The lowest BCUT2D eigenvalue weighted by Crippen LogP contribution is -2.24. The number of nitrogens with zero attached hydrogens (tertiary/aromatic N) is 3. The predicted molar refractivity (Wildman–Crippen MR) is 70.2 cm³/mol. The number of amides is 1. The third kappa shape index (κ3) is 2.68. The summed E-state index contributed by atoms with van der Waals surface area (Å²) in [5, 5.41) is 3.79. The molecule has 0 N–H and O–H groups in total. The molecule has 0 bridgehead atoms. The molecule has 1 amide bonds. The van der Waals surface area contributed by atoms with E-state index in [2.05, 4.69) is 10.1 Å². The summed E-state index contributed by atoms with van der Waals surface area (Å²) in [6.07, 6.45) is -4.18. The third-order valence-corrected chi connectivity index (χ3v) is 3.54. The van der Waals surface area contributed by atoms with Gasteiger partial charge in [0.15, 0.2) is 5.82 Å². The van der Waals surface area contributed by atoms with Crippen LogP contribution in [0.3, 0.4) is 0 Å². The fraction of sp³-hybridized carbons (Fsp3) is 0.357. The largest absolute Gasteiger partial charge is 0.416 e. The van der Waals surface area contributed by atoms with Gasteiger partial charge < -0.3 is 9.42 Å². The second kappa shape index (κ2) is 5.11. The number of aryl methyl sites for hydroxylation is 1. The zero-order chi connectivity index (χ0) is 15.9. The summed E-state index contributed by atoms with van der Waals surface area (Å²) in [7, 11) is 0. The van der Waals surface area contributed by atoms with E-state index in [-0.39, 0.29) is 18.2 Å². The van der Waals surface area contributed by atoms with E-state index in [0.717, 1.165) is 12.1 Å². The summed E-state index contributed by atoms with van der Waals surface area (Å²) < 4.78 is 42.5. The van der Waals surface area contributed by atoms with Crippen LogP contribution in [0.5, 0.6) is 0 Å². The molecule has 1 atom stereocenters. The Morgan fingerprint density at radius 2 is 1.95 bits per heavy atom. The van der Waals surface area contributed by atoms with E-state index in [1.807, 2.05) is 0 Å². The van der Waals surface area contributed by atoms with Gasteiger partial charge in [0.05, 0.1) is 5.56 Å². The lowest BCUT2D eigenvalue weighted by atomic mass is 10.1. The fourth-order valence-corrected chi connectivity index (χ4v) is 2.44. The average Bonchev–Trinajstić information content (AvgIpc) is 3.04. The number of halogens is 3. The first-order valence-corrected chi connectivity index (χ1v) is 6.62. The molecule has 1 aromatic carbocycles. The van der Waals surface area contributed by atoms with Crippen molar-refractivity contribution in [2.75, 3.05) is 11.4 Å². The van der Waals surface area contributed by atoms with Crippen LogP contribution in [0, 0.1) is 6.92 Å². The van der Waals surface area contributed by atoms with Crippen molar-refractivity contribution >= 4 is 11.6 Å². The molecule has 0 saturated carbocycles. The highest BCUT2D eigenvalue weighted by molar-refractivity contribution is 5.96. The van der Waals surface area contributed by atoms with Crippen LogP contribution in [-0.2, 0) is 11.0 Å². The molecule has 2 heterocycles. The summed E-state index contributed by atoms with van der Waals surface area (Å²) >= 11 is 0. The summed E-state index contributed by atoms with van der Waals surface area (Å²) in [5.74, 6) is 0.468. The van der Waals surface area contributed by atoms with Crippen molar-refractivity contribution in [2.24, 2.45) is 0 Å². The summed E-state index contributed by atoms with van der Waals surface area (Å²) in [6.45, 7) is 1.98. The lowest BCUT2D eigenvalue weighted by molar-refractivity contribution is -0.137. The monoisotopic (exact) mass is 311 g/mol. The minimum absolute atomic E-state index is 0.174. The van der Waals surface area contributed by atoms with Crippen LogP contribution in [-0.4, -0.2) is 22.6 Å². The molecule has 116 valence electrons. The molecule has 1 fully saturated rings. The van der Waals surface area contributed by atoms with Gasteiger partial charge >= 0.3 is 6.18 Å². The molecule has 1 saturated heterocycles. The molecular weight excluding hydrogens is 299 g/mol. The Balaban J connectivity index is 1.79. The maximum absolute atomic E-state index is 12.6. The van der Waals surface area contributed by atoms with E-state index in [9.17, 15) is 18.0 Å². The molecular formula is C14H12F3N3O2. The highest BCUT2D eigenvalue weighted by atomic mass is 19.4. The standard InChI is InChI=1S/C14H12F3N3O2/c1-8-18-13(19-22-8)9-6-12(21)20(7-9)11-4-2-10(3-5-11)14(15,16)17/h2-5,9H,6-7H2,1H3. The second-order valence-corrected chi connectivity index (χ2v) is 5.12. The number of hydrogen-bond donors (Lipinski definition) is 0. The Bertz CT molecular complexity index is 694. The molecule has 3 rings (SSSR count). The van der Waals surface area contributed by atoms with Crippen molar-refractivity contribution in [1.29, 1.82) is 0 Å². The maximum Gasteiger partial charge on any atom is 0.416 e. The van der Waals surface area contributed by atoms with E-state index in [4.69, 9.17) is 4.52 Å². The van der Waals surface area contributed by atoms with Gasteiger partial charge in [0.25, 0.3) is 0 Å². The van der Waals surface area contributed by atoms with Crippen LogP contribution in [0.2, 0.25) is 0 Å². The van der Waals surface area contributed by atoms with Gasteiger partial charge in [0.1, 0.15) is 0 Å². The SMILES string of the molecule is Cc1nc(C2CC(=O)N(c3ccc(C(F)(F)F)cc3)C2)no1. The molecule has 1 aliphatic rings. The normalized spacial score (nSPS) is 19.0. The number of hydrogen-bond acceptors (Lipinski definition) is 4. The Kier molecular flexibility index (Phi) is 3.38. The van der Waals surface area contributed by atoms with Crippen molar-refractivity contribution in [3.05, 3.63) is 41.5 Å². The van der Waals surface area contributed by atoms with E-state index in [0.29, 0.717) is 23.9 Å². The number of benzene rings is 1. The minimum Gasteiger partial charge on any atom is -0.340 e. The van der Waals surface area contributed by atoms with E-state index in [1.165, 1.54) is 17.0 Å². The number of carbonyl (C=O) groups is 1. The van der Waals surface area contributed by atoms with Crippen LogP contribution < -0.4 is 4.90 Å². The molecule has 5 nitrogen and oxygen atoms in total. The van der Waals surface area contributed by atoms with Gasteiger partial charge in [-0.05, 0) is 24.3 Å². The van der Waals surface area contributed by atoms with Crippen LogP contribution in [0.1, 0.15) is 29.6 Å². The lowest BCUT2D eigenvalue weighted by Gasteiger charge is -2.17. The number of rotatable bonds is 2. The summed E-state index contributed by atoms with van der Waals surface area (Å²) in [6, 6.07) is 4.53. The number of aromatic nitrogens is 2. The Morgan fingerprint density at radius 3 is 2.50 bits per heavy atom. The Labute approximate surface area is 123 Å². The summed E-state index contributed by atoms with van der Waals surface area (Å²) in [5.41, 5.74) is -0.311. The van der Waals surface area contributed by atoms with Gasteiger partial charge in [-0.1, -0.05) is 5.16 Å². The van der Waals surface area contributed by atoms with Gasteiger partial charge in [0.2, 0.25) is 11.8 Å². The first-order valence-electron chi connectivity index (χ1n) is 6.62. The van der Waals surface area contributed by atoms with Crippen molar-refractivity contribution < 1.29 is 22.5 Å². The van der Waals surface area contributed by atoms with Crippen molar-refractivity contribution in [1.82, 2.24) is 10.1 Å². The second-order valence-electron chi connectivity index (χ2n) is 5.12. The predicted octanol–water partition coefficient (Wildman–Crippen LogP) is 2.92. The molecule has 0 aliphatic carbocycles. The quantitative estimate of drug-likeness (QED) is 0.855. The highest BCUT2D eigenvalue weighted by Crippen LogP contribution is 2.33. The molecule has 0 radical (unpaired) electrons. The number of carbonyl (C=O) groups excluding carboxylic acids is 1. The van der Waals surface area contributed by atoms with Crippen LogP contribution in [0.25, 0.3) is 0 Å². The van der Waals surface area contributed by atoms with Gasteiger partial charge in [-0.25, -0.2) is 0 Å². The number of anilines is 1. The third-order valence-electron chi connectivity index (χ3n) is 3.54. The topological polar surface area (TPSA) is 59.2 Å². The fourth-order valence-electron chi connectivity index (χ4n) is 2.44. The van der Waals surface area contributed by atoms with Crippen molar-refractivity contribution in [3.8, 4) is 0 Å². The molecule has 1 aromatic heterocycles. The average molecular weight is 311 g/mol. The minimum atomic E-state index is -4.39. The van der Waals surface area contributed by atoms with Crippen LogP contribution in [0.15, 0.2) is 28.8 Å². The highest BCUT2D eigenvalue weighted by Gasteiger charge is 2.35. The van der Waals surface area contributed by atoms with Crippen molar-refractivity contribution in [2.45, 2.75) is 25.4 Å². The molecule has 1 unspecified atom stereocenters. The van der Waals surface area contributed by atoms with E-state index in [1.54, 1.807) is 6.92 Å². The molecule has 2 aromatic rings.